The van der Waals surface area contributed by atoms with Crippen LogP contribution in [0.1, 0.15) is 12.5 Å². The number of pyridine rings is 1. The van der Waals surface area contributed by atoms with Crippen LogP contribution in [0.25, 0.3) is 0 Å². The minimum absolute atomic E-state index is 0.200. The van der Waals surface area contributed by atoms with Crippen molar-refractivity contribution in [1.82, 2.24) is 15.2 Å². The van der Waals surface area contributed by atoms with Crippen molar-refractivity contribution in [2.75, 3.05) is 0 Å². The second-order valence-electron chi connectivity index (χ2n) is 4.43. The summed E-state index contributed by atoms with van der Waals surface area (Å²) in [6.07, 6.45) is -3.58. The Bertz CT molecular complexity index is 561. The summed E-state index contributed by atoms with van der Waals surface area (Å²) in [4.78, 5) is 27.6. The Hall–Kier alpha value is -1.83. The number of alkyl halides is 3. The van der Waals surface area contributed by atoms with Crippen molar-refractivity contribution in [2.45, 2.75) is 25.2 Å². The van der Waals surface area contributed by atoms with Gasteiger partial charge in [-0.15, -0.1) is 0 Å². The van der Waals surface area contributed by atoms with Crippen molar-refractivity contribution in [3.05, 3.63) is 29.0 Å². The number of halogens is 4. The molecule has 108 valence electrons. The molecule has 1 unspecified atom stereocenters. The van der Waals surface area contributed by atoms with Gasteiger partial charge in [0.05, 0.1) is 6.54 Å². The highest BCUT2D eigenvalue weighted by Crippen LogP contribution is 2.35. The lowest BCUT2D eigenvalue weighted by atomic mass is 10.0. The lowest BCUT2D eigenvalue weighted by Crippen LogP contribution is -2.56. The van der Waals surface area contributed by atoms with E-state index in [1.165, 1.54) is 18.3 Å². The minimum atomic E-state index is -4.87. The molecule has 0 aliphatic carbocycles. The molecule has 0 saturated carbocycles. The molecule has 0 aromatic carbocycles. The average Bonchev–Trinajstić information content (AvgIpc) is 2.56. The van der Waals surface area contributed by atoms with Crippen LogP contribution in [0.2, 0.25) is 5.15 Å². The van der Waals surface area contributed by atoms with E-state index < -0.39 is 23.7 Å². The standard InChI is InChI=1S/C11H9ClF3N3O2/c1-10(11(13,14)15)8(19)18(9(20)17-10)5-6-2-3-7(12)16-4-6/h2-4H,5H2,1H3,(H,17,20). The van der Waals surface area contributed by atoms with Crippen LogP contribution in [0.15, 0.2) is 18.3 Å². The lowest BCUT2D eigenvalue weighted by Gasteiger charge is -2.24. The van der Waals surface area contributed by atoms with E-state index in [-0.39, 0.29) is 11.7 Å². The SMILES string of the molecule is CC1(C(F)(F)F)NC(=O)N(Cc2ccc(Cl)nc2)C1=O. The number of nitrogens with zero attached hydrogens (tertiary/aromatic N) is 2. The molecule has 0 radical (unpaired) electrons. The summed E-state index contributed by atoms with van der Waals surface area (Å²) < 4.78 is 38.5. The summed E-state index contributed by atoms with van der Waals surface area (Å²) in [5.41, 5.74) is -2.51. The highest BCUT2D eigenvalue weighted by molar-refractivity contribution is 6.29. The normalized spacial score (nSPS) is 23.1. The largest absolute Gasteiger partial charge is 0.420 e. The number of nitrogens with one attached hydrogen (secondary N) is 1. The van der Waals surface area contributed by atoms with Gasteiger partial charge in [0.2, 0.25) is 5.54 Å². The zero-order valence-electron chi connectivity index (χ0n) is 10.2. The van der Waals surface area contributed by atoms with E-state index in [1.54, 1.807) is 5.32 Å². The number of urea groups is 1. The molecule has 9 heteroatoms. The zero-order chi connectivity index (χ0) is 15.1. The molecule has 1 atom stereocenters. The number of carbonyl (C=O) groups excluding carboxylic acids is 2. The maximum atomic E-state index is 12.8. The monoisotopic (exact) mass is 307 g/mol. The molecule has 0 spiro atoms. The fraction of sp³-hybridized carbons (Fsp3) is 0.364. The van der Waals surface area contributed by atoms with Gasteiger partial charge < -0.3 is 5.32 Å². The van der Waals surface area contributed by atoms with Crippen molar-refractivity contribution >= 4 is 23.5 Å². The molecule has 1 aliphatic rings. The van der Waals surface area contributed by atoms with Crippen LogP contribution >= 0.6 is 11.6 Å². The topological polar surface area (TPSA) is 62.3 Å². The number of hydrogen-bond donors (Lipinski definition) is 1. The smallest absolute Gasteiger partial charge is 0.316 e. The van der Waals surface area contributed by atoms with Crippen LogP contribution in [0.5, 0.6) is 0 Å². The van der Waals surface area contributed by atoms with E-state index in [4.69, 9.17) is 11.6 Å². The summed E-state index contributed by atoms with van der Waals surface area (Å²) in [7, 11) is 0. The lowest BCUT2D eigenvalue weighted by molar-refractivity contribution is -0.191. The summed E-state index contributed by atoms with van der Waals surface area (Å²) in [5.74, 6) is -1.34. The summed E-state index contributed by atoms with van der Waals surface area (Å²) >= 11 is 5.57. The molecule has 1 aromatic rings. The zero-order valence-corrected chi connectivity index (χ0v) is 10.9. The molecular formula is C11H9ClF3N3O2. The number of amides is 3. The first-order valence-electron chi connectivity index (χ1n) is 5.46. The third-order valence-corrected chi connectivity index (χ3v) is 3.19. The van der Waals surface area contributed by atoms with Crippen LogP contribution in [-0.4, -0.2) is 33.5 Å². The van der Waals surface area contributed by atoms with E-state index in [1.807, 2.05) is 0 Å². The first kappa shape index (κ1) is 14.6. The van der Waals surface area contributed by atoms with E-state index >= 15 is 0 Å². The summed E-state index contributed by atoms with van der Waals surface area (Å²) in [6.45, 7) is 0.327. The Morgan fingerprint density at radius 2 is 2.05 bits per heavy atom. The molecule has 1 fully saturated rings. The first-order chi connectivity index (χ1) is 9.15. The molecule has 2 heterocycles. The molecule has 1 N–H and O–H groups in total. The maximum absolute atomic E-state index is 12.8. The fourth-order valence-electron chi connectivity index (χ4n) is 1.72. The van der Waals surface area contributed by atoms with Gasteiger partial charge in [-0.25, -0.2) is 9.78 Å². The fourth-order valence-corrected chi connectivity index (χ4v) is 1.83. The minimum Gasteiger partial charge on any atom is -0.316 e. The van der Waals surface area contributed by atoms with E-state index in [0.29, 0.717) is 17.4 Å². The average molecular weight is 308 g/mol. The Balaban J connectivity index is 2.24. The van der Waals surface area contributed by atoms with Gasteiger partial charge in [-0.1, -0.05) is 17.7 Å². The van der Waals surface area contributed by atoms with Crippen molar-refractivity contribution in [3.8, 4) is 0 Å². The predicted octanol–water partition coefficient (Wildman–Crippen LogP) is 2.11. The molecule has 5 nitrogen and oxygen atoms in total. The Kier molecular flexibility index (Phi) is 3.37. The summed E-state index contributed by atoms with van der Waals surface area (Å²) in [5, 5.41) is 1.87. The highest BCUT2D eigenvalue weighted by atomic mass is 35.5. The van der Waals surface area contributed by atoms with Crippen LogP contribution < -0.4 is 5.32 Å². The van der Waals surface area contributed by atoms with Crippen LogP contribution in [0.4, 0.5) is 18.0 Å². The van der Waals surface area contributed by atoms with Gasteiger partial charge in [0, 0.05) is 6.20 Å². The Morgan fingerprint density at radius 1 is 1.40 bits per heavy atom. The van der Waals surface area contributed by atoms with Gasteiger partial charge in [0.25, 0.3) is 5.91 Å². The van der Waals surface area contributed by atoms with Crippen molar-refractivity contribution < 1.29 is 22.8 Å². The molecule has 2 rings (SSSR count). The van der Waals surface area contributed by atoms with Gasteiger partial charge in [-0.2, -0.15) is 13.2 Å². The van der Waals surface area contributed by atoms with E-state index in [2.05, 4.69) is 4.98 Å². The predicted molar refractivity (Wildman–Crippen MR) is 62.8 cm³/mol. The second kappa shape index (κ2) is 4.62. The molecule has 20 heavy (non-hydrogen) atoms. The number of hydrogen-bond acceptors (Lipinski definition) is 3. The van der Waals surface area contributed by atoms with Gasteiger partial charge in [0.15, 0.2) is 0 Å². The first-order valence-corrected chi connectivity index (χ1v) is 5.84. The molecule has 3 amide bonds. The molecule has 1 aliphatic heterocycles. The van der Waals surface area contributed by atoms with E-state index in [0.717, 1.165) is 0 Å². The van der Waals surface area contributed by atoms with E-state index in [9.17, 15) is 22.8 Å². The number of aromatic nitrogens is 1. The van der Waals surface area contributed by atoms with Crippen molar-refractivity contribution in [1.29, 1.82) is 0 Å². The molecule has 1 saturated heterocycles. The third-order valence-electron chi connectivity index (χ3n) is 2.97. The van der Waals surface area contributed by atoms with Crippen molar-refractivity contribution in [2.24, 2.45) is 0 Å². The number of rotatable bonds is 2. The number of imide groups is 1. The molecule has 0 bridgehead atoms. The van der Waals surface area contributed by atoms with Gasteiger partial charge in [-0.05, 0) is 18.6 Å². The highest BCUT2D eigenvalue weighted by Gasteiger charge is 2.64. The molecular weight excluding hydrogens is 299 g/mol. The summed E-state index contributed by atoms with van der Waals surface area (Å²) in [6, 6.07) is 1.79. The van der Waals surface area contributed by atoms with Crippen LogP contribution in [-0.2, 0) is 11.3 Å². The van der Waals surface area contributed by atoms with Gasteiger partial charge >= 0.3 is 12.2 Å². The second-order valence-corrected chi connectivity index (χ2v) is 4.82. The maximum Gasteiger partial charge on any atom is 0.420 e. The Labute approximate surface area is 116 Å². The molecule has 1 aromatic heterocycles. The quantitative estimate of drug-likeness (QED) is 0.672. The Morgan fingerprint density at radius 3 is 2.50 bits per heavy atom. The van der Waals surface area contributed by atoms with Gasteiger partial charge in [-0.3, -0.25) is 9.69 Å². The van der Waals surface area contributed by atoms with Crippen LogP contribution in [0, 0.1) is 0 Å². The van der Waals surface area contributed by atoms with Gasteiger partial charge in [0.1, 0.15) is 5.15 Å². The third kappa shape index (κ3) is 2.31. The van der Waals surface area contributed by atoms with Crippen molar-refractivity contribution in [3.63, 3.8) is 0 Å². The number of carbonyl (C=O) groups is 2. The van der Waals surface area contributed by atoms with Crippen LogP contribution in [0.3, 0.4) is 0 Å².